The zero-order valence-corrected chi connectivity index (χ0v) is 23.8. The number of esters is 1. The lowest BCUT2D eigenvalue weighted by atomic mass is 9.98. The molecule has 12 heteroatoms. The summed E-state index contributed by atoms with van der Waals surface area (Å²) in [6.07, 6.45) is 0.487. The number of hydrogen-bond donors (Lipinski definition) is 1. The third-order valence-electron chi connectivity index (χ3n) is 5.82. The van der Waals surface area contributed by atoms with Crippen molar-refractivity contribution in [2.45, 2.75) is 26.2 Å². The highest BCUT2D eigenvalue weighted by Gasteiger charge is 2.26. The lowest BCUT2D eigenvalue weighted by molar-refractivity contribution is -0.137. The van der Waals surface area contributed by atoms with Crippen LogP contribution in [0.2, 0.25) is 10.0 Å². The van der Waals surface area contributed by atoms with E-state index in [-0.39, 0.29) is 45.8 Å². The Kier molecular flexibility index (Phi) is 11.3. The average Bonchev–Trinajstić information content (AvgIpc) is 2.95. The summed E-state index contributed by atoms with van der Waals surface area (Å²) in [5.41, 5.74) is 0.908. The lowest BCUT2D eigenvalue weighted by Crippen LogP contribution is -2.30. The van der Waals surface area contributed by atoms with Gasteiger partial charge in [-0.15, -0.1) is 0 Å². The number of rotatable bonds is 12. The molecule has 0 aliphatic heterocycles. The molecule has 0 saturated carbocycles. The number of methoxy groups -OCH3 is 2. The molecule has 0 fully saturated rings. The number of carbonyl (C=O) groups is 2. The molecule has 0 saturated heterocycles. The highest BCUT2D eigenvalue weighted by molar-refractivity contribution is 6.33. The minimum Gasteiger partial charge on any atom is -0.497 e. The molecule has 0 aliphatic carbocycles. The summed E-state index contributed by atoms with van der Waals surface area (Å²) >= 11 is 12.6. The first-order valence-electron chi connectivity index (χ1n) is 12.2. The second-order valence-electron chi connectivity index (χ2n) is 8.33. The van der Waals surface area contributed by atoms with E-state index in [1.165, 1.54) is 55.5 Å². The Balaban J connectivity index is 2.15. The number of nitrogens with zero attached hydrogens (tertiary/aromatic N) is 1. The summed E-state index contributed by atoms with van der Waals surface area (Å²) in [6, 6.07) is 13.5. The van der Waals surface area contributed by atoms with Gasteiger partial charge in [0.1, 0.15) is 23.4 Å². The van der Waals surface area contributed by atoms with Crippen molar-refractivity contribution in [3.63, 3.8) is 0 Å². The zero-order chi connectivity index (χ0) is 30.1. The van der Waals surface area contributed by atoms with Gasteiger partial charge in [-0.2, -0.15) is 8.78 Å². The van der Waals surface area contributed by atoms with Crippen LogP contribution in [0.1, 0.15) is 29.7 Å². The number of alkyl halides is 2. The van der Waals surface area contributed by atoms with E-state index in [2.05, 4.69) is 4.74 Å². The molecule has 0 spiro atoms. The molecule has 0 aromatic heterocycles. The molecule has 3 rings (SSSR count). The van der Waals surface area contributed by atoms with Crippen LogP contribution >= 0.6 is 23.2 Å². The summed E-state index contributed by atoms with van der Waals surface area (Å²) in [5, 5.41) is 11.4. The molecule has 41 heavy (non-hydrogen) atoms. The van der Waals surface area contributed by atoms with Crippen molar-refractivity contribution in [2.24, 2.45) is 0 Å². The van der Waals surface area contributed by atoms with Gasteiger partial charge in [0.25, 0.3) is 5.91 Å². The lowest BCUT2D eigenvalue weighted by Gasteiger charge is -2.27. The molecule has 1 N–H and O–H groups in total. The van der Waals surface area contributed by atoms with Gasteiger partial charge in [0, 0.05) is 39.9 Å². The molecule has 3 aromatic carbocycles. The molecule has 0 heterocycles. The Morgan fingerprint density at radius 2 is 1.73 bits per heavy atom. The maximum absolute atomic E-state index is 13.5. The molecule has 218 valence electrons. The number of aliphatic hydroxyl groups excluding tert-OH is 1. The minimum absolute atomic E-state index is 0.0322. The monoisotopic (exact) mass is 609 g/mol. The van der Waals surface area contributed by atoms with Crippen molar-refractivity contribution < 1.29 is 42.4 Å². The zero-order valence-electron chi connectivity index (χ0n) is 22.3. The van der Waals surface area contributed by atoms with Crippen LogP contribution in [-0.4, -0.2) is 44.4 Å². The van der Waals surface area contributed by atoms with E-state index in [0.29, 0.717) is 17.1 Å². The third kappa shape index (κ3) is 8.09. The summed E-state index contributed by atoms with van der Waals surface area (Å²) in [6.45, 7) is -1.47. The van der Waals surface area contributed by atoms with E-state index in [1.807, 2.05) is 0 Å². The SMILES string of the molecule is CCOC(=O)/C=C/C(=O)N(Cc1ccc(OC)cc1OC)c1ccc(Cl)cc1C(O)c1cccc(OC(F)F)c1Cl. The van der Waals surface area contributed by atoms with Gasteiger partial charge in [-0.05, 0) is 43.3 Å². The maximum Gasteiger partial charge on any atom is 0.387 e. The van der Waals surface area contributed by atoms with Crippen LogP contribution in [0.5, 0.6) is 17.2 Å². The molecule has 1 unspecified atom stereocenters. The van der Waals surface area contributed by atoms with Gasteiger partial charge in [0.15, 0.2) is 0 Å². The van der Waals surface area contributed by atoms with E-state index < -0.39 is 24.6 Å². The second-order valence-corrected chi connectivity index (χ2v) is 9.15. The van der Waals surface area contributed by atoms with Crippen LogP contribution in [0.3, 0.4) is 0 Å². The highest BCUT2D eigenvalue weighted by Crippen LogP contribution is 2.40. The molecule has 0 aliphatic rings. The van der Waals surface area contributed by atoms with Gasteiger partial charge in [-0.3, -0.25) is 4.79 Å². The number of ether oxygens (including phenoxy) is 4. The number of benzene rings is 3. The molecule has 3 aromatic rings. The summed E-state index contributed by atoms with van der Waals surface area (Å²) in [7, 11) is 2.96. The third-order valence-corrected chi connectivity index (χ3v) is 6.46. The largest absolute Gasteiger partial charge is 0.497 e. The van der Waals surface area contributed by atoms with Crippen molar-refractivity contribution in [1.29, 1.82) is 0 Å². The summed E-state index contributed by atoms with van der Waals surface area (Å²) in [4.78, 5) is 26.8. The fraction of sp³-hybridized carbons (Fsp3) is 0.241. The molecule has 1 amide bonds. The number of anilines is 1. The fourth-order valence-corrected chi connectivity index (χ4v) is 4.39. The Bertz CT molecular complexity index is 1420. The molecule has 0 radical (unpaired) electrons. The minimum atomic E-state index is -3.14. The predicted molar refractivity (Wildman–Crippen MR) is 150 cm³/mol. The van der Waals surface area contributed by atoms with Crippen molar-refractivity contribution >= 4 is 40.8 Å². The predicted octanol–water partition coefficient (Wildman–Crippen LogP) is 6.35. The van der Waals surface area contributed by atoms with Gasteiger partial charge < -0.3 is 29.0 Å². The van der Waals surface area contributed by atoms with E-state index in [1.54, 1.807) is 25.1 Å². The smallest absolute Gasteiger partial charge is 0.387 e. The van der Waals surface area contributed by atoms with Crippen LogP contribution in [0, 0.1) is 0 Å². The molecule has 8 nitrogen and oxygen atoms in total. The van der Waals surface area contributed by atoms with Crippen LogP contribution in [0.25, 0.3) is 0 Å². The van der Waals surface area contributed by atoms with Gasteiger partial charge in [0.05, 0.1) is 38.1 Å². The van der Waals surface area contributed by atoms with E-state index in [4.69, 9.17) is 37.4 Å². The normalized spacial score (nSPS) is 11.8. The first-order chi connectivity index (χ1) is 19.6. The quantitative estimate of drug-likeness (QED) is 0.189. The van der Waals surface area contributed by atoms with Crippen LogP contribution in [0.4, 0.5) is 14.5 Å². The summed E-state index contributed by atoms with van der Waals surface area (Å²) in [5.74, 6) is -0.772. The number of aliphatic hydroxyl groups is 1. The summed E-state index contributed by atoms with van der Waals surface area (Å²) < 4.78 is 45.9. The number of amides is 1. The molecule has 1 atom stereocenters. The van der Waals surface area contributed by atoms with Gasteiger partial charge in [-0.25, -0.2) is 4.79 Å². The Morgan fingerprint density at radius 3 is 2.39 bits per heavy atom. The van der Waals surface area contributed by atoms with Crippen LogP contribution < -0.4 is 19.1 Å². The van der Waals surface area contributed by atoms with Crippen LogP contribution in [-0.2, 0) is 20.9 Å². The van der Waals surface area contributed by atoms with E-state index in [9.17, 15) is 23.5 Å². The van der Waals surface area contributed by atoms with Gasteiger partial charge in [0.2, 0.25) is 0 Å². The molecule has 0 bridgehead atoms. The second kappa shape index (κ2) is 14.7. The van der Waals surface area contributed by atoms with Crippen LogP contribution in [0.15, 0.2) is 66.7 Å². The van der Waals surface area contributed by atoms with E-state index in [0.717, 1.165) is 12.2 Å². The topological polar surface area (TPSA) is 94.5 Å². The van der Waals surface area contributed by atoms with Crippen molar-refractivity contribution in [1.82, 2.24) is 0 Å². The molecular weight excluding hydrogens is 583 g/mol. The van der Waals surface area contributed by atoms with Gasteiger partial charge >= 0.3 is 12.6 Å². The van der Waals surface area contributed by atoms with E-state index >= 15 is 0 Å². The number of halogens is 4. The maximum atomic E-state index is 13.5. The van der Waals surface area contributed by atoms with Crippen molar-refractivity contribution in [3.05, 3.63) is 93.5 Å². The van der Waals surface area contributed by atoms with Crippen molar-refractivity contribution in [3.8, 4) is 17.2 Å². The first kappa shape index (κ1) is 31.7. The molecular formula is C29H27Cl2F2NO7. The Hall–Kier alpha value is -3.86. The highest BCUT2D eigenvalue weighted by atomic mass is 35.5. The van der Waals surface area contributed by atoms with Gasteiger partial charge in [-0.1, -0.05) is 35.3 Å². The average molecular weight is 610 g/mol. The fourth-order valence-electron chi connectivity index (χ4n) is 3.94. The standard InChI is InChI=1S/C29H27Cl2F2NO7/c1-4-40-26(36)13-12-25(35)34(16-17-8-10-19(38-2)15-24(17)39-3)22-11-9-18(30)14-21(22)28(37)20-6-5-7-23(27(20)31)41-29(32)33/h5-15,28-29,37H,4,16H2,1-3H3/b13-12+. The Labute approximate surface area is 245 Å². The number of carbonyl (C=O) groups excluding carboxylic acids is 2. The first-order valence-corrected chi connectivity index (χ1v) is 12.9. The van der Waals surface area contributed by atoms with Crippen molar-refractivity contribution in [2.75, 3.05) is 25.7 Å². The Morgan fingerprint density at radius 1 is 0.976 bits per heavy atom. The number of hydrogen-bond acceptors (Lipinski definition) is 7.